The van der Waals surface area contributed by atoms with E-state index in [1.54, 1.807) is 49.4 Å². The van der Waals surface area contributed by atoms with Crippen molar-refractivity contribution in [3.05, 3.63) is 93.8 Å². The molecule has 0 aliphatic rings. The van der Waals surface area contributed by atoms with E-state index >= 15 is 0 Å². The number of nitro groups is 1. The summed E-state index contributed by atoms with van der Waals surface area (Å²) in [6.45, 7) is 3.11. The number of amides is 1. The second-order valence-electron chi connectivity index (χ2n) is 6.96. The van der Waals surface area contributed by atoms with Crippen molar-refractivity contribution in [2.24, 2.45) is 0 Å². The summed E-state index contributed by atoms with van der Waals surface area (Å²) >= 11 is 0. The van der Waals surface area contributed by atoms with E-state index in [0.29, 0.717) is 16.7 Å². The number of hydrogen-bond donors (Lipinski definition) is 0. The van der Waals surface area contributed by atoms with Crippen LogP contribution in [0.3, 0.4) is 0 Å². The summed E-state index contributed by atoms with van der Waals surface area (Å²) in [4.78, 5) is 36.7. The quantitative estimate of drug-likeness (QED) is 0.291. The molecular formula is C24H21FN2O5. The number of rotatable bonds is 7. The van der Waals surface area contributed by atoms with E-state index in [4.69, 9.17) is 4.74 Å². The standard InChI is InChI=1S/C24H21FN2O5/c1-3-32-24(29)19-12-13-22(27(30)31)23(14-19)26(16(2)28)15-17-8-10-18(11-9-17)20-6-4-5-7-21(20)25/h4-14H,3,15H2,1-2H3. The fourth-order valence-corrected chi connectivity index (χ4v) is 3.27. The van der Waals surface area contributed by atoms with Gasteiger partial charge in [-0.2, -0.15) is 0 Å². The summed E-state index contributed by atoms with van der Waals surface area (Å²) in [5.74, 6) is -1.43. The van der Waals surface area contributed by atoms with Gasteiger partial charge in [0, 0.05) is 18.6 Å². The zero-order valence-corrected chi connectivity index (χ0v) is 17.6. The largest absolute Gasteiger partial charge is 0.462 e. The Morgan fingerprint density at radius 3 is 2.34 bits per heavy atom. The van der Waals surface area contributed by atoms with Gasteiger partial charge in [-0.15, -0.1) is 0 Å². The van der Waals surface area contributed by atoms with Gasteiger partial charge in [-0.1, -0.05) is 42.5 Å². The average molecular weight is 436 g/mol. The Kier molecular flexibility index (Phi) is 6.94. The third-order valence-electron chi connectivity index (χ3n) is 4.83. The molecule has 164 valence electrons. The molecule has 0 heterocycles. The highest BCUT2D eigenvalue weighted by atomic mass is 19.1. The van der Waals surface area contributed by atoms with E-state index in [1.807, 2.05) is 0 Å². The summed E-state index contributed by atoms with van der Waals surface area (Å²) < 4.78 is 19.0. The third-order valence-corrected chi connectivity index (χ3v) is 4.83. The maximum atomic E-state index is 14.0. The van der Waals surface area contributed by atoms with Crippen LogP contribution in [-0.2, 0) is 16.1 Å². The first-order valence-electron chi connectivity index (χ1n) is 9.89. The van der Waals surface area contributed by atoms with E-state index in [-0.39, 0.29) is 35.9 Å². The Hall–Kier alpha value is -4.07. The first kappa shape index (κ1) is 22.6. The van der Waals surface area contributed by atoms with Gasteiger partial charge in [-0.3, -0.25) is 14.9 Å². The zero-order chi connectivity index (χ0) is 23.3. The SMILES string of the molecule is CCOC(=O)c1ccc([N+](=O)[O-])c(N(Cc2ccc(-c3ccccc3F)cc2)C(C)=O)c1. The molecule has 0 saturated carbocycles. The Morgan fingerprint density at radius 2 is 1.75 bits per heavy atom. The number of nitrogens with zero attached hydrogens (tertiary/aromatic N) is 2. The van der Waals surface area contributed by atoms with Crippen molar-refractivity contribution < 1.29 is 23.6 Å². The Labute approximate surface area is 184 Å². The highest BCUT2D eigenvalue weighted by molar-refractivity contribution is 5.97. The van der Waals surface area contributed by atoms with Crippen LogP contribution in [0.25, 0.3) is 11.1 Å². The van der Waals surface area contributed by atoms with Gasteiger partial charge in [0.2, 0.25) is 5.91 Å². The molecule has 32 heavy (non-hydrogen) atoms. The van der Waals surface area contributed by atoms with Gasteiger partial charge in [0.25, 0.3) is 5.69 Å². The number of ether oxygens (including phenoxy) is 1. The second-order valence-corrected chi connectivity index (χ2v) is 6.96. The highest BCUT2D eigenvalue weighted by Gasteiger charge is 2.25. The lowest BCUT2D eigenvalue weighted by Gasteiger charge is -2.22. The zero-order valence-electron chi connectivity index (χ0n) is 17.6. The van der Waals surface area contributed by atoms with E-state index < -0.39 is 16.8 Å². The molecule has 0 radical (unpaired) electrons. The number of halogens is 1. The molecule has 0 spiro atoms. The molecule has 0 fully saturated rings. The van der Waals surface area contributed by atoms with Crippen molar-refractivity contribution in [3.63, 3.8) is 0 Å². The van der Waals surface area contributed by atoms with Gasteiger partial charge < -0.3 is 9.64 Å². The van der Waals surface area contributed by atoms with Crippen LogP contribution in [0.2, 0.25) is 0 Å². The maximum Gasteiger partial charge on any atom is 0.338 e. The molecule has 7 nitrogen and oxygen atoms in total. The monoisotopic (exact) mass is 436 g/mol. The van der Waals surface area contributed by atoms with Crippen LogP contribution in [0.4, 0.5) is 15.8 Å². The molecule has 0 unspecified atom stereocenters. The van der Waals surface area contributed by atoms with Gasteiger partial charge in [-0.25, -0.2) is 9.18 Å². The molecule has 8 heteroatoms. The van der Waals surface area contributed by atoms with E-state index in [0.717, 1.165) is 0 Å². The van der Waals surface area contributed by atoms with E-state index in [1.165, 1.54) is 36.1 Å². The van der Waals surface area contributed by atoms with Crippen LogP contribution in [0.1, 0.15) is 29.8 Å². The molecule has 0 aliphatic heterocycles. The number of carbonyl (C=O) groups excluding carboxylic acids is 2. The third kappa shape index (κ3) is 4.97. The second kappa shape index (κ2) is 9.82. The lowest BCUT2D eigenvalue weighted by molar-refractivity contribution is -0.384. The topological polar surface area (TPSA) is 89.8 Å². The summed E-state index contributed by atoms with van der Waals surface area (Å²) in [6.07, 6.45) is 0. The van der Waals surface area contributed by atoms with Crippen molar-refractivity contribution in [2.75, 3.05) is 11.5 Å². The van der Waals surface area contributed by atoms with Crippen LogP contribution in [0, 0.1) is 15.9 Å². The number of hydrogen-bond acceptors (Lipinski definition) is 5. The van der Waals surface area contributed by atoms with Gasteiger partial charge in [0.05, 0.1) is 23.6 Å². The molecule has 0 aliphatic carbocycles. The number of esters is 1. The van der Waals surface area contributed by atoms with Gasteiger partial charge in [-0.05, 0) is 36.2 Å². The lowest BCUT2D eigenvalue weighted by Crippen LogP contribution is -2.28. The Balaban J connectivity index is 1.96. The fraction of sp³-hybridized carbons (Fsp3) is 0.167. The molecule has 0 saturated heterocycles. The van der Waals surface area contributed by atoms with Crippen molar-refractivity contribution >= 4 is 23.3 Å². The van der Waals surface area contributed by atoms with Gasteiger partial charge >= 0.3 is 5.97 Å². The molecule has 3 rings (SSSR count). The van der Waals surface area contributed by atoms with Crippen LogP contribution in [-0.4, -0.2) is 23.4 Å². The first-order chi connectivity index (χ1) is 15.3. The van der Waals surface area contributed by atoms with Crippen molar-refractivity contribution in [3.8, 4) is 11.1 Å². The Bertz CT molecular complexity index is 1160. The molecule has 3 aromatic carbocycles. The maximum absolute atomic E-state index is 14.0. The predicted molar refractivity (Wildman–Crippen MR) is 118 cm³/mol. The molecule has 0 aromatic heterocycles. The van der Waals surface area contributed by atoms with Gasteiger partial charge in [0.15, 0.2) is 0 Å². The number of benzene rings is 3. The average Bonchev–Trinajstić information content (AvgIpc) is 2.78. The van der Waals surface area contributed by atoms with Gasteiger partial charge in [0.1, 0.15) is 11.5 Å². The normalized spacial score (nSPS) is 10.5. The van der Waals surface area contributed by atoms with Crippen LogP contribution in [0.15, 0.2) is 66.7 Å². The lowest BCUT2D eigenvalue weighted by atomic mass is 10.0. The number of carbonyl (C=O) groups is 2. The van der Waals surface area contributed by atoms with Crippen molar-refractivity contribution in [2.45, 2.75) is 20.4 Å². The predicted octanol–water partition coefficient (Wildman–Crippen LogP) is 5.13. The molecule has 0 atom stereocenters. The summed E-state index contributed by atoms with van der Waals surface area (Å²) in [5, 5.41) is 11.6. The minimum atomic E-state index is -0.638. The molecule has 3 aromatic rings. The van der Waals surface area contributed by atoms with Crippen LogP contribution >= 0.6 is 0 Å². The van der Waals surface area contributed by atoms with Crippen molar-refractivity contribution in [1.29, 1.82) is 0 Å². The highest BCUT2D eigenvalue weighted by Crippen LogP contribution is 2.31. The summed E-state index contributed by atoms with van der Waals surface area (Å²) in [7, 11) is 0. The Morgan fingerprint density at radius 1 is 1.06 bits per heavy atom. The fourth-order valence-electron chi connectivity index (χ4n) is 3.27. The summed E-state index contributed by atoms with van der Waals surface area (Å²) in [5.41, 5.74) is 1.57. The summed E-state index contributed by atoms with van der Waals surface area (Å²) in [6, 6.07) is 17.0. The molecule has 0 N–H and O–H groups in total. The van der Waals surface area contributed by atoms with Crippen molar-refractivity contribution in [1.82, 2.24) is 0 Å². The van der Waals surface area contributed by atoms with Crippen LogP contribution in [0.5, 0.6) is 0 Å². The smallest absolute Gasteiger partial charge is 0.338 e. The molecule has 0 bridgehead atoms. The number of anilines is 1. The first-order valence-corrected chi connectivity index (χ1v) is 9.89. The molecular weight excluding hydrogens is 415 g/mol. The van der Waals surface area contributed by atoms with E-state index in [2.05, 4.69) is 0 Å². The minimum Gasteiger partial charge on any atom is -0.462 e. The van der Waals surface area contributed by atoms with E-state index in [9.17, 15) is 24.1 Å². The molecule has 1 amide bonds. The van der Waals surface area contributed by atoms with Crippen LogP contribution < -0.4 is 4.90 Å². The minimum absolute atomic E-state index is 0.00812. The number of nitro benzene ring substituents is 1.